The molecule has 0 fully saturated rings. The number of carbonyl (C=O) groups excluding carboxylic acids is 1. The zero-order valence-electron chi connectivity index (χ0n) is 10.6. The molecule has 1 aromatic heterocycles. The second-order valence-corrected chi connectivity index (χ2v) is 5.41. The van der Waals surface area contributed by atoms with Gasteiger partial charge >= 0.3 is 0 Å². The van der Waals surface area contributed by atoms with Crippen LogP contribution in [-0.4, -0.2) is 23.6 Å². The first-order chi connectivity index (χ1) is 7.84. The predicted octanol–water partition coefficient (Wildman–Crippen LogP) is 1.92. The van der Waals surface area contributed by atoms with E-state index in [1.165, 1.54) is 11.3 Å². The number of rotatable bonds is 5. The van der Waals surface area contributed by atoms with Crippen LogP contribution >= 0.6 is 11.3 Å². The summed E-state index contributed by atoms with van der Waals surface area (Å²) in [5.74, 6) is -0.109. The highest BCUT2D eigenvalue weighted by Crippen LogP contribution is 2.20. The summed E-state index contributed by atoms with van der Waals surface area (Å²) < 4.78 is 5.19. The molecule has 3 N–H and O–H groups in total. The van der Waals surface area contributed by atoms with Crippen LogP contribution in [0.2, 0.25) is 0 Å². The summed E-state index contributed by atoms with van der Waals surface area (Å²) in [4.78, 5) is 15.9. The Morgan fingerprint density at radius 2 is 2.35 bits per heavy atom. The smallest absolute Gasteiger partial charge is 0.229 e. The third-order valence-electron chi connectivity index (χ3n) is 2.37. The van der Waals surface area contributed by atoms with Gasteiger partial charge in [0.15, 0.2) is 5.13 Å². The van der Waals surface area contributed by atoms with Crippen LogP contribution < -0.4 is 11.1 Å². The summed E-state index contributed by atoms with van der Waals surface area (Å²) >= 11 is 1.38. The summed E-state index contributed by atoms with van der Waals surface area (Å²) in [6, 6.07) is -0.118. The lowest BCUT2D eigenvalue weighted by Crippen LogP contribution is -2.29. The van der Waals surface area contributed by atoms with E-state index in [9.17, 15) is 4.79 Å². The molecule has 1 aromatic rings. The number of hydrogen-bond donors (Lipinski definition) is 2. The molecule has 1 atom stereocenters. The van der Waals surface area contributed by atoms with Crippen molar-refractivity contribution in [3.05, 3.63) is 11.1 Å². The molecule has 0 aliphatic heterocycles. The molecule has 0 spiro atoms. The van der Waals surface area contributed by atoms with Gasteiger partial charge in [-0.2, -0.15) is 0 Å². The maximum Gasteiger partial charge on any atom is 0.229 e. The van der Waals surface area contributed by atoms with E-state index in [1.54, 1.807) is 7.11 Å². The molecule has 96 valence electrons. The largest absolute Gasteiger partial charge is 0.378 e. The van der Waals surface area contributed by atoms with E-state index in [2.05, 4.69) is 10.3 Å². The van der Waals surface area contributed by atoms with Crippen molar-refractivity contribution in [2.45, 2.75) is 38.8 Å². The number of hydrogen-bond acceptors (Lipinski definition) is 5. The number of nitrogens with one attached hydrogen (secondary N) is 1. The number of amides is 1. The molecule has 1 rings (SSSR count). The van der Waals surface area contributed by atoms with Crippen LogP contribution in [0, 0.1) is 0 Å². The van der Waals surface area contributed by atoms with Crippen LogP contribution in [0.15, 0.2) is 5.38 Å². The summed E-state index contributed by atoms with van der Waals surface area (Å²) in [6.07, 6.45) is 0.288. The van der Waals surface area contributed by atoms with Gasteiger partial charge in [0.25, 0.3) is 0 Å². The van der Waals surface area contributed by atoms with Gasteiger partial charge in [-0.1, -0.05) is 0 Å². The van der Waals surface area contributed by atoms with Gasteiger partial charge in [-0.15, -0.1) is 11.3 Å². The quantitative estimate of drug-likeness (QED) is 0.844. The summed E-state index contributed by atoms with van der Waals surface area (Å²) in [6.45, 7) is 5.58. The summed E-state index contributed by atoms with van der Waals surface area (Å²) in [5, 5.41) is 5.17. The van der Waals surface area contributed by atoms with Crippen LogP contribution in [-0.2, 0) is 9.53 Å². The first-order valence-corrected chi connectivity index (χ1v) is 6.28. The minimum Gasteiger partial charge on any atom is -0.378 e. The van der Waals surface area contributed by atoms with Crippen molar-refractivity contribution in [2.75, 3.05) is 12.4 Å². The molecule has 0 bridgehead atoms. The minimum absolute atomic E-state index is 0.109. The van der Waals surface area contributed by atoms with Crippen molar-refractivity contribution >= 4 is 22.4 Å². The van der Waals surface area contributed by atoms with Gasteiger partial charge in [0.2, 0.25) is 5.91 Å². The maximum atomic E-state index is 11.7. The van der Waals surface area contributed by atoms with Crippen molar-refractivity contribution in [1.82, 2.24) is 4.98 Å². The average molecular weight is 257 g/mol. The van der Waals surface area contributed by atoms with Gasteiger partial charge < -0.3 is 15.8 Å². The minimum atomic E-state index is -0.467. The van der Waals surface area contributed by atoms with Crippen LogP contribution in [0.1, 0.15) is 38.9 Å². The lowest BCUT2D eigenvalue weighted by molar-refractivity contribution is -0.121. The topological polar surface area (TPSA) is 77.2 Å². The third kappa shape index (κ3) is 4.41. The number of nitrogens with zero attached hydrogens (tertiary/aromatic N) is 1. The predicted molar refractivity (Wildman–Crippen MR) is 69.1 cm³/mol. The van der Waals surface area contributed by atoms with Crippen LogP contribution in [0.5, 0.6) is 0 Å². The number of carbonyl (C=O) groups is 1. The van der Waals surface area contributed by atoms with Crippen molar-refractivity contribution in [2.24, 2.45) is 5.73 Å². The van der Waals surface area contributed by atoms with E-state index in [4.69, 9.17) is 10.5 Å². The number of nitrogens with two attached hydrogens (primary N) is 1. The molecule has 1 heterocycles. The molecule has 0 aromatic carbocycles. The number of thiazole rings is 1. The Morgan fingerprint density at radius 3 is 2.82 bits per heavy atom. The summed E-state index contributed by atoms with van der Waals surface area (Å²) in [7, 11) is 1.59. The molecule has 0 aliphatic rings. The average Bonchev–Trinajstić information content (AvgIpc) is 2.65. The monoisotopic (exact) mass is 257 g/mol. The lowest BCUT2D eigenvalue weighted by atomic mass is 10.1. The highest BCUT2D eigenvalue weighted by atomic mass is 32.1. The van der Waals surface area contributed by atoms with E-state index in [0.717, 1.165) is 5.69 Å². The highest BCUT2D eigenvalue weighted by molar-refractivity contribution is 7.13. The van der Waals surface area contributed by atoms with Gasteiger partial charge in [-0.25, -0.2) is 4.98 Å². The number of methoxy groups -OCH3 is 1. The molecule has 6 heteroatoms. The van der Waals surface area contributed by atoms with Gasteiger partial charge in [-0.3, -0.25) is 4.79 Å². The fourth-order valence-corrected chi connectivity index (χ4v) is 2.01. The van der Waals surface area contributed by atoms with E-state index < -0.39 is 5.60 Å². The van der Waals surface area contributed by atoms with E-state index in [0.29, 0.717) is 5.13 Å². The Bertz CT molecular complexity index is 388. The molecule has 0 saturated heterocycles. The van der Waals surface area contributed by atoms with Gasteiger partial charge in [0.05, 0.1) is 17.7 Å². The zero-order valence-corrected chi connectivity index (χ0v) is 11.4. The van der Waals surface area contributed by atoms with Crippen molar-refractivity contribution < 1.29 is 9.53 Å². The van der Waals surface area contributed by atoms with E-state index in [-0.39, 0.29) is 18.4 Å². The van der Waals surface area contributed by atoms with Gasteiger partial charge in [0, 0.05) is 18.5 Å². The number of aromatic nitrogens is 1. The molecule has 17 heavy (non-hydrogen) atoms. The second-order valence-electron chi connectivity index (χ2n) is 4.55. The SMILES string of the molecule is COC(C)(C)CC(=O)Nc1nc(C(C)N)cs1. The Kier molecular flexibility index (Phi) is 4.62. The standard InChI is InChI=1S/C11H19N3O2S/c1-7(12)8-6-17-10(13-8)14-9(15)5-11(2,3)16-4/h6-7H,5,12H2,1-4H3,(H,13,14,15). The van der Waals surface area contributed by atoms with Gasteiger partial charge in [0.1, 0.15) is 0 Å². The number of anilines is 1. The van der Waals surface area contributed by atoms with Crippen LogP contribution in [0.4, 0.5) is 5.13 Å². The Balaban J connectivity index is 2.56. The molecular weight excluding hydrogens is 238 g/mol. The van der Waals surface area contributed by atoms with Gasteiger partial charge in [-0.05, 0) is 20.8 Å². The first kappa shape index (κ1) is 14.1. The third-order valence-corrected chi connectivity index (χ3v) is 3.15. The first-order valence-electron chi connectivity index (χ1n) is 5.40. The normalized spacial score (nSPS) is 13.5. The maximum absolute atomic E-state index is 11.7. The van der Waals surface area contributed by atoms with Crippen molar-refractivity contribution in [1.29, 1.82) is 0 Å². The van der Waals surface area contributed by atoms with Crippen molar-refractivity contribution in [3.63, 3.8) is 0 Å². The Morgan fingerprint density at radius 1 is 1.71 bits per heavy atom. The van der Waals surface area contributed by atoms with Crippen LogP contribution in [0.3, 0.4) is 0 Å². The summed E-state index contributed by atoms with van der Waals surface area (Å²) in [5.41, 5.74) is 6.01. The molecule has 5 nitrogen and oxygen atoms in total. The second kappa shape index (κ2) is 5.57. The Labute approximate surface area is 105 Å². The molecule has 0 saturated carbocycles. The van der Waals surface area contributed by atoms with Crippen molar-refractivity contribution in [3.8, 4) is 0 Å². The fourth-order valence-electron chi connectivity index (χ4n) is 1.17. The van der Waals surface area contributed by atoms with E-state index >= 15 is 0 Å². The number of ether oxygens (including phenoxy) is 1. The highest BCUT2D eigenvalue weighted by Gasteiger charge is 2.21. The lowest BCUT2D eigenvalue weighted by Gasteiger charge is -2.21. The van der Waals surface area contributed by atoms with Crippen LogP contribution in [0.25, 0.3) is 0 Å². The zero-order chi connectivity index (χ0) is 13.1. The molecule has 0 radical (unpaired) electrons. The Hall–Kier alpha value is -0.980. The van der Waals surface area contributed by atoms with E-state index in [1.807, 2.05) is 26.2 Å². The fraction of sp³-hybridized carbons (Fsp3) is 0.636. The molecule has 0 aliphatic carbocycles. The molecule has 1 amide bonds. The molecular formula is C11H19N3O2S. The molecule has 1 unspecified atom stereocenters.